The average Bonchev–Trinajstić information content (AvgIpc) is 2.93. The van der Waals surface area contributed by atoms with Crippen LogP contribution in [0.5, 0.6) is 0 Å². The summed E-state index contributed by atoms with van der Waals surface area (Å²) >= 11 is 0. The summed E-state index contributed by atoms with van der Waals surface area (Å²) in [5.74, 6) is 1.14. The van der Waals surface area contributed by atoms with E-state index >= 15 is 0 Å². The highest BCUT2D eigenvalue weighted by Gasteiger charge is 2.26. The Labute approximate surface area is 124 Å². The third-order valence-corrected chi connectivity index (χ3v) is 3.99. The maximum absolute atomic E-state index is 12.7. The minimum atomic E-state index is -0.0868. The van der Waals surface area contributed by atoms with E-state index < -0.39 is 0 Å². The van der Waals surface area contributed by atoms with E-state index in [0.29, 0.717) is 12.3 Å². The number of nitrogens with two attached hydrogens (primary N) is 1. The Bertz CT molecular complexity index is 648. The number of para-hydroxylation sites is 1. The number of rotatable bonds is 2. The number of furan rings is 1. The van der Waals surface area contributed by atoms with Crippen molar-refractivity contribution in [3.8, 4) is 0 Å². The maximum atomic E-state index is 12.7. The summed E-state index contributed by atoms with van der Waals surface area (Å²) in [6.45, 7) is 2.68. The van der Waals surface area contributed by atoms with Crippen LogP contribution in [0.2, 0.25) is 0 Å². The minimum Gasteiger partial charge on any atom is -0.456 e. The van der Waals surface area contributed by atoms with Gasteiger partial charge in [0, 0.05) is 24.7 Å². The molecule has 0 fully saturated rings. The van der Waals surface area contributed by atoms with Crippen LogP contribution in [0.15, 0.2) is 40.8 Å². The number of benzene rings is 1. The van der Waals surface area contributed by atoms with Gasteiger partial charge in [-0.05, 0) is 36.6 Å². The highest BCUT2D eigenvalue weighted by Crippen LogP contribution is 2.32. The Kier molecular flexibility index (Phi) is 3.80. The Morgan fingerprint density at radius 1 is 1.33 bits per heavy atom. The monoisotopic (exact) mass is 284 g/mol. The molecule has 4 nitrogen and oxygen atoms in total. The molecule has 1 amide bonds. The molecule has 0 bridgehead atoms. The molecule has 1 aliphatic rings. The lowest BCUT2D eigenvalue weighted by molar-refractivity contribution is 0.0958. The normalized spacial score (nSPS) is 18.2. The van der Waals surface area contributed by atoms with Gasteiger partial charge in [-0.2, -0.15) is 0 Å². The molecule has 2 N–H and O–H groups in total. The van der Waals surface area contributed by atoms with E-state index in [4.69, 9.17) is 10.2 Å². The number of aryl methyl sites for hydroxylation is 1. The average molecular weight is 284 g/mol. The molecule has 0 saturated carbocycles. The van der Waals surface area contributed by atoms with Crippen molar-refractivity contribution in [2.24, 2.45) is 5.73 Å². The summed E-state index contributed by atoms with van der Waals surface area (Å²) in [5.41, 5.74) is 8.15. The lowest BCUT2D eigenvalue weighted by Gasteiger charge is -2.22. The zero-order chi connectivity index (χ0) is 14.8. The lowest BCUT2D eigenvalue weighted by Crippen LogP contribution is -2.31. The third-order valence-electron chi connectivity index (χ3n) is 3.99. The predicted molar refractivity (Wildman–Crippen MR) is 82.4 cm³/mol. The van der Waals surface area contributed by atoms with E-state index in [9.17, 15) is 4.79 Å². The summed E-state index contributed by atoms with van der Waals surface area (Å²) in [6, 6.07) is 11.5. The molecule has 0 radical (unpaired) electrons. The van der Waals surface area contributed by atoms with Crippen molar-refractivity contribution in [3.63, 3.8) is 0 Å². The SMILES string of the molecule is CCc1ccc(C(=O)N2CCCC(N)c3ccccc32)o1. The van der Waals surface area contributed by atoms with E-state index in [1.165, 1.54) is 0 Å². The summed E-state index contributed by atoms with van der Waals surface area (Å²) in [7, 11) is 0. The molecular formula is C17H20N2O2. The molecular weight excluding hydrogens is 264 g/mol. The van der Waals surface area contributed by atoms with E-state index in [1.807, 2.05) is 37.3 Å². The fourth-order valence-electron chi connectivity index (χ4n) is 2.82. The molecule has 1 aromatic heterocycles. The molecule has 1 aromatic carbocycles. The zero-order valence-corrected chi connectivity index (χ0v) is 12.2. The number of anilines is 1. The molecule has 0 spiro atoms. The first-order chi connectivity index (χ1) is 10.2. The Morgan fingerprint density at radius 2 is 2.14 bits per heavy atom. The first kappa shape index (κ1) is 13.9. The number of nitrogens with zero attached hydrogens (tertiary/aromatic N) is 1. The maximum Gasteiger partial charge on any atom is 0.293 e. The number of hydrogen-bond acceptors (Lipinski definition) is 3. The fraction of sp³-hybridized carbons (Fsp3) is 0.353. The van der Waals surface area contributed by atoms with Crippen LogP contribution in [0.25, 0.3) is 0 Å². The first-order valence-electron chi connectivity index (χ1n) is 7.45. The smallest absolute Gasteiger partial charge is 0.293 e. The van der Waals surface area contributed by atoms with Crippen molar-refractivity contribution >= 4 is 11.6 Å². The Hall–Kier alpha value is -2.07. The molecule has 1 atom stereocenters. The summed E-state index contributed by atoms with van der Waals surface area (Å²) in [5, 5.41) is 0. The Morgan fingerprint density at radius 3 is 2.90 bits per heavy atom. The van der Waals surface area contributed by atoms with Gasteiger partial charge in [-0.25, -0.2) is 0 Å². The second-order valence-corrected chi connectivity index (χ2v) is 5.38. The highest BCUT2D eigenvalue weighted by molar-refractivity contribution is 6.04. The Balaban J connectivity index is 1.97. The van der Waals surface area contributed by atoms with E-state index in [1.54, 1.807) is 11.0 Å². The van der Waals surface area contributed by atoms with E-state index in [2.05, 4.69) is 0 Å². The summed E-state index contributed by atoms with van der Waals surface area (Å²) in [6.07, 6.45) is 2.57. The minimum absolute atomic E-state index is 0.0122. The van der Waals surface area contributed by atoms with Gasteiger partial charge < -0.3 is 15.1 Å². The van der Waals surface area contributed by atoms with Gasteiger partial charge in [-0.1, -0.05) is 25.1 Å². The van der Waals surface area contributed by atoms with Gasteiger partial charge in [0.2, 0.25) is 0 Å². The molecule has 2 aromatic rings. The number of carbonyl (C=O) groups excluding carboxylic acids is 1. The van der Waals surface area contributed by atoms with Crippen molar-refractivity contribution < 1.29 is 9.21 Å². The van der Waals surface area contributed by atoms with Gasteiger partial charge in [0.1, 0.15) is 5.76 Å². The van der Waals surface area contributed by atoms with Crippen molar-refractivity contribution in [1.82, 2.24) is 0 Å². The molecule has 110 valence electrons. The van der Waals surface area contributed by atoms with E-state index in [0.717, 1.165) is 36.3 Å². The van der Waals surface area contributed by atoms with Crippen molar-refractivity contribution in [3.05, 3.63) is 53.5 Å². The number of fused-ring (bicyclic) bond motifs is 1. The van der Waals surface area contributed by atoms with E-state index in [-0.39, 0.29) is 11.9 Å². The lowest BCUT2D eigenvalue weighted by atomic mass is 10.0. The molecule has 2 heterocycles. The van der Waals surface area contributed by atoms with Crippen molar-refractivity contribution in [1.29, 1.82) is 0 Å². The van der Waals surface area contributed by atoms with Gasteiger partial charge in [-0.3, -0.25) is 4.79 Å². The fourth-order valence-corrected chi connectivity index (χ4v) is 2.82. The van der Waals surface area contributed by atoms with Crippen molar-refractivity contribution in [2.75, 3.05) is 11.4 Å². The third kappa shape index (κ3) is 2.59. The topological polar surface area (TPSA) is 59.5 Å². The second kappa shape index (κ2) is 5.74. The van der Waals surface area contributed by atoms with Gasteiger partial charge >= 0.3 is 0 Å². The van der Waals surface area contributed by atoms with Gasteiger partial charge in [0.05, 0.1) is 0 Å². The largest absolute Gasteiger partial charge is 0.456 e. The van der Waals surface area contributed by atoms with Crippen LogP contribution in [0.3, 0.4) is 0 Å². The van der Waals surface area contributed by atoms with Gasteiger partial charge in [0.25, 0.3) is 5.91 Å². The zero-order valence-electron chi connectivity index (χ0n) is 12.2. The van der Waals surface area contributed by atoms with Crippen LogP contribution >= 0.6 is 0 Å². The molecule has 1 aliphatic heterocycles. The van der Waals surface area contributed by atoms with Gasteiger partial charge in [-0.15, -0.1) is 0 Å². The van der Waals surface area contributed by atoms with Crippen LogP contribution in [0, 0.1) is 0 Å². The standard InChI is InChI=1S/C17H20N2O2/c1-2-12-9-10-16(21-12)17(20)19-11-5-7-14(18)13-6-3-4-8-15(13)19/h3-4,6,8-10,14H,2,5,7,11,18H2,1H3. The second-order valence-electron chi connectivity index (χ2n) is 5.38. The van der Waals surface area contributed by atoms with Gasteiger partial charge in [0.15, 0.2) is 5.76 Å². The molecule has 21 heavy (non-hydrogen) atoms. The predicted octanol–water partition coefficient (Wildman–Crippen LogP) is 3.28. The van der Waals surface area contributed by atoms with Crippen LogP contribution < -0.4 is 10.6 Å². The number of amides is 1. The summed E-state index contributed by atoms with van der Waals surface area (Å²) in [4.78, 5) is 14.5. The quantitative estimate of drug-likeness (QED) is 0.920. The van der Waals surface area contributed by atoms with Crippen LogP contribution in [0.4, 0.5) is 5.69 Å². The molecule has 0 saturated heterocycles. The number of carbonyl (C=O) groups is 1. The van der Waals surface area contributed by atoms with Crippen LogP contribution in [0.1, 0.15) is 47.7 Å². The van der Waals surface area contributed by atoms with Crippen LogP contribution in [-0.4, -0.2) is 12.5 Å². The summed E-state index contributed by atoms with van der Waals surface area (Å²) < 4.78 is 5.61. The molecule has 0 aliphatic carbocycles. The molecule has 3 rings (SSSR count). The number of hydrogen-bond donors (Lipinski definition) is 1. The molecule has 1 unspecified atom stereocenters. The van der Waals surface area contributed by atoms with Crippen molar-refractivity contribution in [2.45, 2.75) is 32.2 Å². The molecule has 4 heteroatoms. The highest BCUT2D eigenvalue weighted by atomic mass is 16.4. The van der Waals surface area contributed by atoms with Crippen LogP contribution in [-0.2, 0) is 6.42 Å². The first-order valence-corrected chi connectivity index (χ1v) is 7.45.